The first-order chi connectivity index (χ1) is 8.66. The van der Waals surface area contributed by atoms with Gasteiger partial charge in [-0.2, -0.15) is 0 Å². The van der Waals surface area contributed by atoms with Crippen LogP contribution in [0.3, 0.4) is 0 Å². The molecular formula is C13H18N4O. The number of likely N-dealkylation sites (N-methyl/N-ethyl adjacent to an activating group) is 1. The third-order valence-corrected chi connectivity index (χ3v) is 3.81. The number of hydrogen-bond acceptors (Lipinski definition) is 5. The maximum Gasteiger partial charge on any atom is 0.174 e. The summed E-state index contributed by atoms with van der Waals surface area (Å²) in [5, 5.41) is 5.04. The van der Waals surface area contributed by atoms with Gasteiger partial charge in [0.25, 0.3) is 0 Å². The van der Waals surface area contributed by atoms with Crippen LogP contribution in [0.15, 0.2) is 16.9 Å². The number of rotatable bonds is 1. The van der Waals surface area contributed by atoms with Crippen LogP contribution in [0.2, 0.25) is 0 Å². The van der Waals surface area contributed by atoms with E-state index in [0.29, 0.717) is 6.04 Å². The highest BCUT2D eigenvalue weighted by atomic mass is 16.5. The van der Waals surface area contributed by atoms with Gasteiger partial charge in [-0.05, 0) is 26.8 Å². The van der Waals surface area contributed by atoms with Gasteiger partial charge >= 0.3 is 0 Å². The summed E-state index contributed by atoms with van der Waals surface area (Å²) in [7, 11) is 2.10. The van der Waals surface area contributed by atoms with E-state index in [1.807, 2.05) is 19.3 Å². The Kier molecular flexibility index (Phi) is 2.80. The minimum absolute atomic E-state index is 0.273. The lowest BCUT2D eigenvalue weighted by atomic mass is 9.94. The van der Waals surface area contributed by atoms with Gasteiger partial charge in [-0.3, -0.25) is 9.88 Å². The van der Waals surface area contributed by atoms with Gasteiger partial charge in [0, 0.05) is 36.6 Å². The standard InChI is InChI=1S/C13H18N4O/c1-8-10-5-15-6-11(13(10)18-16-8)12-4-3-9(14)7-17(12)2/h5-6,9,12H,3-4,7,14H2,1-2H3. The van der Waals surface area contributed by atoms with Crippen molar-refractivity contribution in [3.63, 3.8) is 0 Å². The zero-order chi connectivity index (χ0) is 12.7. The molecule has 3 heterocycles. The van der Waals surface area contributed by atoms with E-state index in [4.69, 9.17) is 10.3 Å². The van der Waals surface area contributed by atoms with Crippen LogP contribution in [-0.2, 0) is 0 Å². The summed E-state index contributed by atoms with van der Waals surface area (Å²) < 4.78 is 5.46. The molecule has 0 radical (unpaired) electrons. The summed E-state index contributed by atoms with van der Waals surface area (Å²) in [6.07, 6.45) is 5.79. The van der Waals surface area contributed by atoms with Gasteiger partial charge in [0.2, 0.25) is 0 Å². The van der Waals surface area contributed by atoms with E-state index in [0.717, 1.165) is 41.6 Å². The molecule has 18 heavy (non-hydrogen) atoms. The van der Waals surface area contributed by atoms with E-state index in [2.05, 4.69) is 22.1 Å². The van der Waals surface area contributed by atoms with Crippen LogP contribution in [0.1, 0.15) is 30.1 Å². The number of pyridine rings is 1. The number of aromatic nitrogens is 2. The second kappa shape index (κ2) is 4.33. The number of piperidine rings is 1. The molecular weight excluding hydrogens is 228 g/mol. The van der Waals surface area contributed by atoms with Crippen molar-refractivity contribution in [2.75, 3.05) is 13.6 Å². The van der Waals surface area contributed by atoms with Crippen LogP contribution < -0.4 is 5.73 Å². The SMILES string of the molecule is Cc1noc2c(C3CCC(N)CN3C)cncc12. The number of fused-ring (bicyclic) bond motifs is 1. The molecule has 0 amide bonds. The van der Waals surface area contributed by atoms with Crippen molar-refractivity contribution in [3.8, 4) is 0 Å². The van der Waals surface area contributed by atoms with Crippen LogP contribution in [0, 0.1) is 6.92 Å². The molecule has 0 bridgehead atoms. The van der Waals surface area contributed by atoms with Crippen molar-refractivity contribution < 1.29 is 4.52 Å². The van der Waals surface area contributed by atoms with Gasteiger partial charge in [-0.25, -0.2) is 0 Å². The third kappa shape index (κ3) is 1.79. The Balaban J connectivity index is 2.04. The maximum atomic E-state index is 5.99. The largest absolute Gasteiger partial charge is 0.356 e. The topological polar surface area (TPSA) is 68.2 Å². The Labute approximate surface area is 106 Å². The Bertz CT molecular complexity index is 565. The molecule has 3 rings (SSSR count). The molecule has 2 aromatic rings. The summed E-state index contributed by atoms with van der Waals surface area (Å²) in [5.74, 6) is 0. The Morgan fingerprint density at radius 2 is 2.22 bits per heavy atom. The molecule has 0 aromatic carbocycles. The first kappa shape index (κ1) is 11.6. The summed E-state index contributed by atoms with van der Waals surface area (Å²) in [6.45, 7) is 2.85. The molecule has 2 unspecified atom stereocenters. The van der Waals surface area contributed by atoms with Gasteiger partial charge in [0.1, 0.15) is 0 Å². The fraction of sp³-hybridized carbons (Fsp3) is 0.538. The lowest BCUT2D eigenvalue weighted by Gasteiger charge is -2.35. The van der Waals surface area contributed by atoms with Crippen molar-refractivity contribution in [3.05, 3.63) is 23.7 Å². The smallest absolute Gasteiger partial charge is 0.174 e. The van der Waals surface area contributed by atoms with Gasteiger partial charge in [0.15, 0.2) is 5.58 Å². The van der Waals surface area contributed by atoms with E-state index in [9.17, 15) is 0 Å². The summed E-state index contributed by atoms with van der Waals surface area (Å²) in [4.78, 5) is 6.60. The molecule has 1 aliphatic heterocycles. The van der Waals surface area contributed by atoms with Crippen LogP contribution in [-0.4, -0.2) is 34.7 Å². The number of nitrogens with two attached hydrogens (primary N) is 1. The van der Waals surface area contributed by atoms with Crippen LogP contribution in [0.4, 0.5) is 0 Å². The highest BCUT2D eigenvalue weighted by molar-refractivity contribution is 5.81. The molecule has 2 N–H and O–H groups in total. The molecule has 2 atom stereocenters. The Morgan fingerprint density at radius 1 is 1.39 bits per heavy atom. The molecule has 0 saturated carbocycles. The summed E-state index contributed by atoms with van der Waals surface area (Å²) >= 11 is 0. The average Bonchev–Trinajstić information content (AvgIpc) is 2.72. The first-order valence-corrected chi connectivity index (χ1v) is 6.32. The predicted molar refractivity (Wildman–Crippen MR) is 69.1 cm³/mol. The van der Waals surface area contributed by atoms with Crippen molar-refractivity contribution in [1.82, 2.24) is 15.0 Å². The third-order valence-electron chi connectivity index (χ3n) is 3.81. The number of likely N-dealkylation sites (tertiary alicyclic amines) is 1. The summed E-state index contributed by atoms with van der Waals surface area (Å²) in [5.41, 5.74) is 8.88. The quantitative estimate of drug-likeness (QED) is 0.828. The average molecular weight is 246 g/mol. The van der Waals surface area contributed by atoms with Crippen LogP contribution >= 0.6 is 0 Å². The molecule has 1 aliphatic rings. The fourth-order valence-corrected chi connectivity index (χ4v) is 2.80. The lowest BCUT2D eigenvalue weighted by molar-refractivity contribution is 0.169. The van der Waals surface area contributed by atoms with E-state index in [1.165, 1.54) is 0 Å². The number of aryl methyl sites for hydroxylation is 1. The van der Waals surface area contributed by atoms with Gasteiger partial charge < -0.3 is 10.3 Å². The molecule has 5 nitrogen and oxygen atoms in total. The normalized spacial score (nSPS) is 25.7. The molecule has 1 fully saturated rings. The number of hydrogen-bond donors (Lipinski definition) is 1. The monoisotopic (exact) mass is 246 g/mol. The van der Waals surface area contributed by atoms with E-state index in [1.54, 1.807) is 0 Å². The van der Waals surface area contributed by atoms with Crippen molar-refractivity contribution in [2.24, 2.45) is 5.73 Å². The molecule has 1 saturated heterocycles. The maximum absolute atomic E-state index is 5.99. The van der Waals surface area contributed by atoms with E-state index >= 15 is 0 Å². The minimum Gasteiger partial charge on any atom is -0.356 e. The van der Waals surface area contributed by atoms with Crippen molar-refractivity contribution in [1.29, 1.82) is 0 Å². The van der Waals surface area contributed by atoms with Crippen LogP contribution in [0.5, 0.6) is 0 Å². The highest BCUT2D eigenvalue weighted by Crippen LogP contribution is 2.33. The second-order valence-corrected chi connectivity index (χ2v) is 5.17. The van der Waals surface area contributed by atoms with Crippen molar-refractivity contribution >= 4 is 11.0 Å². The van der Waals surface area contributed by atoms with Crippen molar-refractivity contribution in [2.45, 2.75) is 31.8 Å². The zero-order valence-corrected chi connectivity index (χ0v) is 10.8. The fourth-order valence-electron chi connectivity index (χ4n) is 2.80. The Morgan fingerprint density at radius 3 is 3.00 bits per heavy atom. The van der Waals surface area contributed by atoms with Gasteiger partial charge in [-0.15, -0.1) is 0 Å². The lowest BCUT2D eigenvalue weighted by Crippen LogP contribution is -2.42. The summed E-state index contributed by atoms with van der Waals surface area (Å²) in [6, 6.07) is 0.600. The van der Waals surface area contributed by atoms with Crippen LogP contribution in [0.25, 0.3) is 11.0 Å². The predicted octanol–water partition coefficient (Wildman–Crippen LogP) is 1.63. The first-order valence-electron chi connectivity index (χ1n) is 6.32. The Hall–Kier alpha value is -1.46. The second-order valence-electron chi connectivity index (χ2n) is 5.17. The molecule has 2 aromatic heterocycles. The molecule has 96 valence electrons. The number of nitrogens with zero attached hydrogens (tertiary/aromatic N) is 3. The molecule has 0 aliphatic carbocycles. The van der Waals surface area contributed by atoms with E-state index < -0.39 is 0 Å². The minimum atomic E-state index is 0.273. The zero-order valence-electron chi connectivity index (χ0n) is 10.8. The van der Waals surface area contributed by atoms with Gasteiger partial charge in [-0.1, -0.05) is 5.16 Å². The molecule has 5 heteroatoms. The molecule has 0 spiro atoms. The van der Waals surface area contributed by atoms with Gasteiger partial charge in [0.05, 0.1) is 11.1 Å². The van der Waals surface area contributed by atoms with E-state index in [-0.39, 0.29) is 6.04 Å². The highest BCUT2D eigenvalue weighted by Gasteiger charge is 2.27.